The summed E-state index contributed by atoms with van der Waals surface area (Å²) in [5.74, 6) is -0.0487. The van der Waals surface area contributed by atoms with E-state index in [0.29, 0.717) is 13.1 Å². The largest absolute Gasteiger partial charge is 0.340 e. The molecule has 0 spiro atoms. The molecule has 1 N–H and O–H groups in total. The van der Waals surface area contributed by atoms with Gasteiger partial charge in [-0.1, -0.05) is 0 Å². The van der Waals surface area contributed by atoms with Crippen LogP contribution in [0.2, 0.25) is 0 Å². The molecule has 0 saturated carbocycles. The summed E-state index contributed by atoms with van der Waals surface area (Å²) in [5, 5.41) is 14.0. The summed E-state index contributed by atoms with van der Waals surface area (Å²) in [6, 6.07) is 2.33. The van der Waals surface area contributed by atoms with Crippen LogP contribution in [0.5, 0.6) is 0 Å². The highest BCUT2D eigenvalue weighted by Crippen LogP contribution is 2.22. The number of amides is 1. The molecule has 0 aliphatic carbocycles. The van der Waals surface area contributed by atoms with Crippen LogP contribution in [-0.4, -0.2) is 46.5 Å². The van der Waals surface area contributed by atoms with Crippen molar-refractivity contribution < 1.29 is 9.72 Å². The molecule has 1 aromatic rings. The average Bonchev–Trinajstić information content (AvgIpc) is 2.49. The Bertz CT molecular complexity index is 632. The van der Waals surface area contributed by atoms with Gasteiger partial charge in [0.05, 0.1) is 16.5 Å². The number of hydrogen-bond acceptors (Lipinski definition) is 5. The van der Waals surface area contributed by atoms with Crippen molar-refractivity contribution >= 4 is 11.6 Å². The molecular formula is C14H20N4O4. The van der Waals surface area contributed by atoms with Crippen molar-refractivity contribution in [3.8, 4) is 0 Å². The van der Waals surface area contributed by atoms with Crippen molar-refractivity contribution in [3.05, 3.63) is 38.8 Å². The van der Waals surface area contributed by atoms with E-state index in [0.717, 1.165) is 19.2 Å². The van der Waals surface area contributed by atoms with Gasteiger partial charge in [0, 0.05) is 44.9 Å². The molecule has 0 bridgehead atoms. The van der Waals surface area contributed by atoms with Crippen molar-refractivity contribution in [1.82, 2.24) is 14.8 Å². The Morgan fingerprint density at radius 3 is 2.59 bits per heavy atom. The number of piperazine rings is 1. The fraction of sp³-hybridized carbons (Fsp3) is 0.571. The highest BCUT2D eigenvalue weighted by Gasteiger charge is 2.33. The standard InChI is InChI=1S/C14H20N4O4/c1-14(2,13(20)16-7-5-15-6-8-16)10-17-9-11(18(21)22)3-4-12(17)19/h3-4,9,15H,5-8,10H2,1-2H3. The number of rotatable bonds is 4. The first-order valence-corrected chi connectivity index (χ1v) is 7.16. The van der Waals surface area contributed by atoms with Crippen LogP contribution >= 0.6 is 0 Å². The van der Waals surface area contributed by atoms with Crippen molar-refractivity contribution in [3.63, 3.8) is 0 Å². The van der Waals surface area contributed by atoms with Crippen LogP contribution in [0.1, 0.15) is 13.8 Å². The normalized spacial score (nSPS) is 15.6. The second-order valence-corrected chi connectivity index (χ2v) is 6.04. The monoisotopic (exact) mass is 308 g/mol. The number of carbonyl (C=O) groups is 1. The van der Waals surface area contributed by atoms with Crippen LogP contribution in [0.3, 0.4) is 0 Å². The summed E-state index contributed by atoms with van der Waals surface area (Å²) >= 11 is 0. The third-order valence-electron chi connectivity index (χ3n) is 3.73. The maximum Gasteiger partial charge on any atom is 0.285 e. The molecule has 1 aliphatic heterocycles. The Morgan fingerprint density at radius 2 is 2.00 bits per heavy atom. The molecule has 1 aromatic heterocycles. The topological polar surface area (TPSA) is 97.5 Å². The molecule has 22 heavy (non-hydrogen) atoms. The quantitative estimate of drug-likeness (QED) is 0.633. The van der Waals surface area contributed by atoms with Crippen LogP contribution in [-0.2, 0) is 11.3 Å². The minimum Gasteiger partial charge on any atom is -0.340 e. The Hall–Kier alpha value is -2.22. The molecule has 0 unspecified atom stereocenters. The molecule has 8 heteroatoms. The van der Waals surface area contributed by atoms with Gasteiger partial charge in [0.25, 0.3) is 11.2 Å². The molecule has 0 radical (unpaired) electrons. The zero-order valence-corrected chi connectivity index (χ0v) is 12.7. The number of nitrogens with one attached hydrogen (secondary N) is 1. The second-order valence-electron chi connectivity index (χ2n) is 6.04. The molecule has 1 saturated heterocycles. The smallest absolute Gasteiger partial charge is 0.285 e. The lowest BCUT2D eigenvalue weighted by Crippen LogP contribution is -2.51. The molecule has 2 heterocycles. The minimum absolute atomic E-state index is 0.0487. The lowest BCUT2D eigenvalue weighted by Gasteiger charge is -2.34. The van der Waals surface area contributed by atoms with Gasteiger partial charge in [-0.3, -0.25) is 19.7 Å². The summed E-state index contributed by atoms with van der Waals surface area (Å²) in [6.07, 6.45) is 1.19. The number of carbonyl (C=O) groups excluding carboxylic acids is 1. The van der Waals surface area contributed by atoms with Crippen LogP contribution in [0.4, 0.5) is 5.69 Å². The van der Waals surface area contributed by atoms with Gasteiger partial charge in [-0.2, -0.15) is 0 Å². The van der Waals surface area contributed by atoms with Crippen molar-refractivity contribution in [2.24, 2.45) is 5.41 Å². The molecule has 8 nitrogen and oxygen atoms in total. The summed E-state index contributed by atoms with van der Waals surface area (Å²) < 4.78 is 1.23. The summed E-state index contributed by atoms with van der Waals surface area (Å²) in [5.41, 5.74) is -1.33. The van der Waals surface area contributed by atoms with Crippen molar-refractivity contribution in [2.45, 2.75) is 20.4 Å². The Kier molecular flexibility index (Phi) is 4.60. The maximum atomic E-state index is 12.6. The molecule has 1 fully saturated rings. The first kappa shape index (κ1) is 16.2. The lowest BCUT2D eigenvalue weighted by atomic mass is 9.91. The highest BCUT2D eigenvalue weighted by molar-refractivity contribution is 5.82. The predicted octanol–water partition coefficient (Wildman–Crippen LogP) is 0.214. The molecule has 120 valence electrons. The number of nitro groups is 1. The van der Waals surface area contributed by atoms with Gasteiger partial charge < -0.3 is 14.8 Å². The first-order valence-electron chi connectivity index (χ1n) is 7.16. The van der Waals surface area contributed by atoms with E-state index >= 15 is 0 Å². The Labute approximate surface area is 127 Å². The van der Waals surface area contributed by atoms with Crippen LogP contribution in [0.15, 0.2) is 23.1 Å². The predicted molar refractivity (Wildman–Crippen MR) is 80.6 cm³/mol. The summed E-state index contributed by atoms with van der Waals surface area (Å²) in [4.78, 5) is 36.5. The minimum atomic E-state index is -0.809. The first-order chi connectivity index (χ1) is 10.3. The third kappa shape index (κ3) is 3.51. The highest BCUT2D eigenvalue weighted by atomic mass is 16.6. The summed E-state index contributed by atoms with van der Waals surface area (Å²) in [6.45, 7) is 6.37. The maximum absolute atomic E-state index is 12.6. The van der Waals surface area contributed by atoms with E-state index in [2.05, 4.69) is 5.32 Å². The fourth-order valence-electron chi connectivity index (χ4n) is 2.54. The number of nitrogens with zero attached hydrogens (tertiary/aromatic N) is 3. The van der Waals surface area contributed by atoms with Crippen LogP contribution < -0.4 is 10.9 Å². The fourth-order valence-corrected chi connectivity index (χ4v) is 2.54. The molecule has 0 atom stereocenters. The Balaban J connectivity index is 2.20. The van der Waals surface area contributed by atoms with Gasteiger partial charge in [0.15, 0.2) is 0 Å². The van der Waals surface area contributed by atoms with Gasteiger partial charge in [0.1, 0.15) is 0 Å². The molecular weight excluding hydrogens is 288 g/mol. The zero-order chi connectivity index (χ0) is 16.3. The van der Waals surface area contributed by atoms with Gasteiger partial charge in [-0.05, 0) is 13.8 Å². The van der Waals surface area contributed by atoms with Crippen molar-refractivity contribution in [2.75, 3.05) is 26.2 Å². The number of pyridine rings is 1. The van der Waals surface area contributed by atoms with E-state index < -0.39 is 10.3 Å². The van der Waals surface area contributed by atoms with Gasteiger partial charge in [-0.25, -0.2) is 0 Å². The average molecular weight is 308 g/mol. The van der Waals surface area contributed by atoms with Crippen molar-refractivity contribution in [1.29, 1.82) is 0 Å². The zero-order valence-electron chi connectivity index (χ0n) is 12.7. The Morgan fingerprint density at radius 1 is 1.36 bits per heavy atom. The van der Waals surface area contributed by atoms with Gasteiger partial charge in [-0.15, -0.1) is 0 Å². The van der Waals surface area contributed by atoms with Crippen LogP contribution in [0, 0.1) is 15.5 Å². The van der Waals surface area contributed by atoms with E-state index in [1.54, 1.807) is 18.7 Å². The third-order valence-corrected chi connectivity index (χ3v) is 3.73. The SMILES string of the molecule is CC(C)(Cn1cc([N+](=O)[O-])ccc1=O)C(=O)N1CCNCC1. The molecule has 1 amide bonds. The molecule has 1 aliphatic rings. The van der Waals surface area contributed by atoms with E-state index in [1.807, 2.05) is 0 Å². The van der Waals surface area contributed by atoms with Gasteiger partial charge in [0.2, 0.25) is 5.91 Å². The van der Waals surface area contributed by atoms with E-state index in [4.69, 9.17) is 0 Å². The number of hydrogen-bond donors (Lipinski definition) is 1. The summed E-state index contributed by atoms with van der Waals surface area (Å²) in [7, 11) is 0. The molecule has 2 rings (SSSR count). The van der Waals surface area contributed by atoms with E-state index in [1.165, 1.54) is 16.8 Å². The number of aromatic nitrogens is 1. The van der Waals surface area contributed by atoms with E-state index in [9.17, 15) is 19.7 Å². The second kappa shape index (κ2) is 6.27. The molecule has 0 aromatic carbocycles. The van der Waals surface area contributed by atoms with E-state index in [-0.39, 0.29) is 23.7 Å². The lowest BCUT2D eigenvalue weighted by molar-refractivity contribution is -0.385. The van der Waals surface area contributed by atoms with Gasteiger partial charge >= 0.3 is 0 Å². The van der Waals surface area contributed by atoms with Crippen LogP contribution in [0.25, 0.3) is 0 Å².